The molecule has 0 spiro atoms. The molecule has 0 aliphatic carbocycles. The summed E-state index contributed by atoms with van der Waals surface area (Å²) < 4.78 is 0. The number of fused-ring (bicyclic) bond motifs is 1. The minimum Gasteiger partial charge on any atom is -0.372 e. The van der Waals surface area contributed by atoms with Gasteiger partial charge in [0.15, 0.2) is 6.23 Å². The van der Waals surface area contributed by atoms with Crippen LogP contribution in [-0.2, 0) is 6.54 Å². The lowest BCUT2D eigenvalue weighted by Gasteiger charge is -2.06. The smallest absolute Gasteiger partial charge is 0.154 e. The van der Waals surface area contributed by atoms with E-state index in [-0.39, 0.29) is 5.04 Å². The number of hydrogen-bond donors (Lipinski definition) is 3. The largest absolute Gasteiger partial charge is 0.372 e. The second-order valence-electron chi connectivity index (χ2n) is 2.86. The molecule has 1 aromatic rings. The van der Waals surface area contributed by atoms with Crippen molar-refractivity contribution in [3.05, 3.63) is 29.8 Å². The van der Waals surface area contributed by atoms with Crippen molar-refractivity contribution < 1.29 is 5.11 Å². The van der Waals surface area contributed by atoms with Gasteiger partial charge in [0, 0.05) is 11.4 Å². The average Bonchev–Trinajstić information content (AvgIpc) is 2.28. The van der Waals surface area contributed by atoms with E-state index in [1.807, 2.05) is 24.3 Å². The van der Waals surface area contributed by atoms with Crippen molar-refractivity contribution in [1.29, 1.82) is 5.41 Å². The second-order valence-corrected chi connectivity index (χ2v) is 3.94. The van der Waals surface area contributed by atoms with Gasteiger partial charge in [0.1, 0.15) is 5.04 Å². The summed E-state index contributed by atoms with van der Waals surface area (Å²) in [4.78, 5) is 1.05. The molecule has 3 nitrogen and oxygen atoms in total. The van der Waals surface area contributed by atoms with Gasteiger partial charge >= 0.3 is 0 Å². The fourth-order valence-corrected chi connectivity index (χ4v) is 2.07. The Balaban J connectivity index is 2.35. The molecular formula is C9H10N2OS. The lowest BCUT2D eigenvalue weighted by atomic mass is 10.2. The van der Waals surface area contributed by atoms with E-state index in [0.717, 1.165) is 10.5 Å². The number of hydrogen-bond acceptors (Lipinski definition) is 4. The van der Waals surface area contributed by atoms with Crippen molar-refractivity contribution in [3.63, 3.8) is 0 Å². The van der Waals surface area contributed by atoms with Crippen LogP contribution in [0.5, 0.6) is 0 Å². The third kappa shape index (κ3) is 1.75. The first-order valence-electron chi connectivity index (χ1n) is 4.03. The van der Waals surface area contributed by atoms with E-state index in [0.29, 0.717) is 6.54 Å². The number of rotatable bonds is 0. The minimum atomic E-state index is -0.822. The van der Waals surface area contributed by atoms with Gasteiger partial charge < -0.3 is 5.11 Å². The van der Waals surface area contributed by atoms with Crippen LogP contribution in [0, 0.1) is 5.41 Å². The van der Waals surface area contributed by atoms with E-state index in [1.54, 1.807) is 0 Å². The van der Waals surface area contributed by atoms with Gasteiger partial charge in [-0.3, -0.25) is 10.7 Å². The van der Waals surface area contributed by atoms with Gasteiger partial charge in [0.05, 0.1) is 0 Å². The monoisotopic (exact) mass is 194 g/mol. The molecule has 0 aromatic heterocycles. The summed E-state index contributed by atoms with van der Waals surface area (Å²) in [6.45, 7) is 0.618. The lowest BCUT2D eigenvalue weighted by molar-refractivity contribution is 0.204. The van der Waals surface area contributed by atoms with Crippen molar-refractivity contribution in [2.75, 3.05) is 0 Å². The molecule has 4 heteroatoms. The summed E-state index contributed by atoms with van der Waals surface area (Å²) in [5, 5.41) is 20.0. The molecule has 1 unspecified atom stereocenters. The summed E-state index contributed by atoms with van der Waals surface area (Å²) in [6, 6.07) is 7.87. The van der Waals surface area contributed by atoms with Crippen molar-refractivity contribution in [2.24, 2.45) is 0 Å². The van der Waals surface area contributed by atoms with Crippen LogP contribution in [0.25, 0.3) is 0 Å². The maximum atomic E-state index is 9.37. The average molecular weight is 194 g/mol. The van der Waals surface area contributed by atoms with Crippen LogP contribution in [0.1, 0.15) is 5.56 Å². The van der Waals surface area contributed by atoms with Crippen LogP contribution < -0.4 is 5.32 Å². The van der Waals surface area contributed by atoms with Gasteiger partial charge in [-0.25, -0.2) is 0 Å². The Morgan fingerprint density at radius 2 is 2.23 bits per heavy atom. The minimum absolute atomic E-state index is 0.255. The summed E-state index contributed by atoms with van der Waals surface area (Å²) in [5.41, 5.74) is 1.13. The third-order valence-electron chi connectivity index (χ3n) is 1.93. The predicted octanol–water partition coefficient (Wildman–Crippen LogP) is 1.18. The maximum Gasteiger partial charge on any atom is 0.154 e. The molecule has 1 aromatic carbocycles. The fraction of sp³-hybridized carbons (Fsp3) is 0.222. The summed E-state index contributed by atoms with van der Waals surface area (Å²) in [6.07, 6.45) is -0.822. The van der Waals surface area contributed by atoms with Crippen molar-refractivity contribution >= 4 is 16.8 Å². The zero-order valence-corrected chi connectivity index (χ0v) is 7.77. The predicted molar refractivity (Wildman–Crippen MR) is 52.9 cm³/mol. The molecule has 1 aliphatic heterocycles. The van der Waals surface area contributed by atoms with E-state index in [2.05, 4.69) is 5.32 Å². The van der Waals surface area contributed by atoms with Crippen LogP contribution in [0.4, 0.5) is 0 Å². The molecule has 0 saturated carbocycles. The summed E-state index contributed by atoms with van der Waals surface area (Å²) in [5.74, 6) is 0. The highest BCUT2D eigenvalue weighted by atomic mass is 32.2. The van der Waals surface area contributed by atoms with Crippen LogP contribution in [0.2, 0.25) is 0 Å². The Morgan fingerprint density at radius 3 is 3.08 bits per heavy atom. The Hall–Kier alpha value is -0.840. The van der Waals surface area contributed by atoms with Crippen LogP contribution in [-0.4, -0.2) is 16.4 Å². The van der Waals surface area contributed by atoms with Gasteiger partial charge in [0.2, 0.25) is 0 Å². The zero-order chi connectivity index (χ0) is 9.26. The fourth-order valence-electron chi connectivity index (χ4n) is 1.22. The van der Waals surface area contributed by atoms with E-state index in [1.165, 1.54) is 11.8 Å². The first-order chi connectivity index (χ1) is 6.27. The standard InChI is InChI=1S/C9H10N2OS/c10-8-9(12)11-5-6-3-1-2-4-7(6)13-8/h1-4,9-12H,5H2. The highest BCUT2D eigenvalue weighted by Gasteiger charge is 2.17. The maximum absolute atomic E-state index is 9.37. The molecule has 1 atom stereocenters. The third-order valence-corrected chi connectivity index (χ3v) is 2.99. The number of benzene rings is 1. The van der Waals surface area contributed by atoms with Crippen LogP contribution in [0.3, 0.4) is 0 Å². The Bertz CT molecular complexity index is 340. The summed E-state index contributed by atoms with van der Waals surface area (Å²) >= 11 is 1.31. The van der Waals surface area contributed by atoms with E-state index >= 15 is 0 Å². The Labute approximate surface area is 80.7 Å². The molecule has 0 bridgehead atoms. The van der Waals surface area contributed by atoms with Gasteiger partial charge in [-0.2, -0.15) is 0 Å². The SMILES string of the molecule is N=C1Sc2ccccc2CNC1O. The highest BCUT2D eigenvalue weighted by molar-refractivity contribution is 8.14. The molecule has 68 valence electrons. The quantitative estimate of drug-likeness (QED) is 0.581. The molecule has 0 amide bonds. The first kappa shape index (κ1) is 8.74. The Morgan fingerprint density at radius 1 is 1.46 bits per heavy atom. The Kier molecular flexibility index (Phi) is 2.35. The number of thioether (sulfide) groups is 1. The van der Waals surface area contributed by atoms with Gasteiger partial charge in [-0.1, -0.05) is 30.0 Å². The normalized spacial score (nSPS) is 22.2. The first-order valence-corrected chi connectivity index (χ1v) is 4.84. The molecular weight excluding hydrogens is 184 g/mol. The molecule has 0 radical (unpaired) electrons. The van der Waals surface area contributed by atoms with Crippen LogP contribution in [0.15, 0.2) is 29.2 Å². The van der Waals surface area contributed by atoms with E-state index in [9.17, 15) is 5.11 Å². The second kappa shape index (κ2) is 3.49. The number of aliphatic hydroxyl groups excluding tert-OH is 1. The molecule has 3 N–H and O–H groups in total. The summed E-state index contributed by atoms with van der Waals surface area (Å²) in [7, 11) is 0. The highest BCUT2D eigenvalue weighted by Crippen LogP contribution is 2.26. The molecule has 2 rings (SSSR count). The van der Waals surface area contributed by atoms with Crippen molar-refractivity contribution in [3.8, 4) is 0 Å². The van der Waals surface area contributed by atoms with E-state index < -0.39 is 6.23 Å². The molecule has 0 fully saturated rings. The molecule has 13 heavy (non-hydrogen) atoms. The topological polar surface area (TPSA) is 56.1 Å². The van der Waals surface area contributed by atoms with Crippen LogP contribution >= 0.6 is 11.8 Å². The van der Waals surface area contributed by atoms with Crippen molar-refractivity contribution in [2.45, 2.75) is 17.7 Å². The molecule has 1 heterocycles. The van der Waals surface area contributed by atoms with Gasteiger partial charge in [0.25, 0.3) is 0 Å². The zero-order valence-electron chi connectivity index (χ0n) is 6.95. The lowest BCUT2D eigenvalue weighted by Crippen LogP contribution is -2.32. The van der Waals surface area contributed by atoms with Gasteiger partial charge in [-0.05, 0) is 11.6 Å². The molecule has 1 aliphatic rings. The van der Waals surface area contributed by atoms with Crippen molar-refractivity contribution in [1.82, 2.24) is 5.32 Å². The van der Waals surface area contributed by atoms with E-state index in [4.69, 9.17) is 5.41 Å². The number of aliphatic hydroxyl groups is 1. The van der Waals surface area contributed by atoms with Gasteiger partial charge in [-0.15, -0.1) is 0 Å². The number of nitrogens with one attached hydrogen (secondary N) is 2. The molecule has 0 saturated heterocycles.